The highest BCUT2D eigenvalue weighted by atomic mass is 16.3. The summed E-state index contributed by atoms with van der Waals surface area (Å²) in [7, 11) is 0. The van der Waals surface area contributed by atoms with Crippen LogP contribution in [0.1, 0.15) is 40.2 Å². The van der Waals surface area contributed by atoms with Gasteiger partial charge in [0.1, 0.15) is 0 Å². The number of carbonyl (C=O) groups excluding carboxylic acids is 1. The number of benzene rings is 2. The molecule has 2 aromatic carbocycles. The highest BCUT2D eigenvalue weighted by Crippen LogP contribution is 2.44. The van der Waals surface area contributed by atoms with Gasteiger partial charge in [-0.15, -0.1) is 0 Å². The Morgan fingerprint density at radius 3 is 2.56 bits per heavy atom. The summed E-state index contributed by atoms with van der Waals surface area (Å²) in [5.41, 5.74) is 11.0. The van der Waals surface area contributed by atoms with Gasteiger partial charge in [0.15, 0.2) is 0 Å². The second kappa shape index (κ2) is 6.30. The Morgan fingerprint density at radius 1 is 1.16 bits per heavy atom. The topological polar surface area (TPSA) is 76.2 Å². The third-order valence-electron chi connectivity index (χ3n) is 4.82. The quantitative estimate of drug-likeness (QED) is 0.752. The molecule has 126 valence electrons. The van der Waals surface area contributed by atoms with Gasteiger partial charge < -0.3 is 10.8 Å². The molecule has 0 bridgehead atoms. The van der Waals surface area contributed by atoms with Crippen LogP contribution >= 0.6 is 0 Å². The van der Waals surface area contributed by atoms with Crippen molar-refractivity contribution in [3.8, 4) is 11.3 Å². The van der Waals surface area contributed by atoms with Gasteiger partial charge in [-0.05, 0) is 54.5 Å². The average Bonchev–Trinajstić information content (AvgIpc) is 3.46. The second-order valence-corrected chi connectivity index (χ2v) is 6.60. The monoisotopic (exact) mass is 332 g/mol. The number of pyridine rings is 1. The minimum Gasteiger partial charge on any atom is -0.396 e. The number of hydrogen-bond donors (Lipinski definition) is 2. The minimum atomic E-state index is -0.429. The molecule has 3 N–H and O–H groups in total. The Bertz CT molecular complexity index is 944. The lowest BCUT2D eigenvalue weighted by molar-refractivity contribution is 0.100. The average molecular weight is 332 g/mol. The molecule has 0 spiro atoms. The van der Waals surface area contributed by atoms with Crippen molar-refractivity contribution in [1.82, 2.24) is 4.98 Å². The fourth-order valence-electron chi connectivity index (χ4n) is 3.34. The van der Waals surface area contributed by atoms with Crippen molar-refractivity contribution in [2.45, 2.75) is 25.2 Å². The molecule has 1 aromatic heterocycles. The predicted octanol–water partition coefficient (Wildman–Crippen LogP) is 3.41. The highest BCUT2D eigenvalue weighted by Gasteiger charge is 2.26. The molecule has 3 aromatic rings. The summed E-state index contributed by atoms with van der Waals surface area (Å²) in [6, 6.07) is 15.6. The van der Waals surface area contributed by atoms with Crippen LogP contribution in [0.4, 0.5) is 0 Å². The van der Waals surface area contributed by atoms with Crippen LogP contribution in [0.5, 0.6) is 0 Å². The zero-order valence-electron chi connectivity index (χ0n) is 13.9. The number of aliphatic hydroxyl groups is 1. The van der Waals surface area contributed by atoms with Crippen LogP contribution in [-0.4, -0.2) is 22.6 Å². The predicted molar refractivity (Wildman–Crippen MR) is 98.5 cm³/mol. The summed E-state index contributed by atoms with van der Waals surface area (Å²) in [4.78, 5) is 16.2. The van der Waals surface area contributed by atoms with E-state index in [1.54, 1.807) is 12.1 Å². The first-order valence-corrected chi connectivity index (χ1v) is 8.61. The Balaban J connectivity index is 1.88. The van der Waals surface area contributed by atoms with Crippen LogP contribution < -0.4 is 5.73 Å². The number of para-hydroxylation sites is 1. The fourth-order valence-corrected chi connectivity index (χ4v) is 3.34. The Hall–Kier alpha value is -2.72. The third-order valence-corrected chi connectivity index (χ3v) is 4.82. The number of hydrogen-bond acceptors (Lipinski definition) is 3. The normalized spacial score (nSPS) is 14.0. The van der Waals surface area contributed by atoms with Crippen LogP contribution in [0.2, 0.25) is 0 Å². The van der Waals surface area contributed by atoms with Gasteiger partial charge in [-0.1, -0.05) is 30.3 Å². The van der Waals surface area contributed by atoms with Crippen molar-refractivity contribution in [3.63, 3.8) is 0 Å². The van der Waals surface area contributed by atoms with E-state index in [1.165, 1.54) is 23.8 Å². The number of aliphatic hydroxyl groups excluding tert-OH is 1. The van der Waals surface area contributed by atoms with Gasteiger partial charge in [0.2, 0.25) is 5.91 Å². The largest absolute Gasteiger partial charge is 0.396 e. The van der Waals surface area contributed by atoms with Crippen molar-refractivity contribution in [3.05, 3.63) is 65.2 Å². The number of carbonyl (C=O) groups is 1. The first-order chi connectivity index (χ1) is 12.2. The molecule has 1 fully saturated rings. The number of rotatable bonds is 5. The molecule has 0 radical (unpaired) electrons. The van der Waals surface area contributed by atoms with Gasteiger partial charge in [0.05, 0.1) is 11.2 Å². The zero-order chi connectivity index (χ0) is 17.4. The van der Waals surface area contributed by atoms with Gasteiger partial charge >= 0.3 is 0 Å². The first-order valence-electron chi connectivity index (χ1n) is 8.61. The van der Waals surface area contributed by atoms with E-state index in [0.29, 0.717) is 17.9 Å². The lowest BCUT2D eigenvalue weighted by Gasteiger charge is -2.12. The van der Waals surface area contributed by atoms with Crippen LogP contribution in [0, 0.1) is 0 Å². The number of aromatic nitrogens is 1. The number of nitrogens with two attached hydrogens (primary N) is 1. The summed E-state index contributed by atoms with van der Waals surface area (Å²) in [5.74, 6) is 0.167. The van der Waals surface area contributed by atoms with E-state index >= 15 is 0 Å². The molecule has 1 aliphatic rings. The van der Waals surface area contributed by atoms with Crippen molar-refractivity contribution in [2.75, 3.05) is 6.61 Å². The standard InChI is InChI=1S/C21H20N2O2/c22-21(25)16-8-6-14(7-9-16)19-12-18(13-4-5-13)17-3-1-2-15(10-11-24)20(17)23-19/h1-3,6-9,12-13,24H,4-5,10-11H2,(H2,22,25). The molecule has 1 aliphatic carbocycles. The molecular weight excluding hydrogens is 312 g/mol. The summed E-state index contributed by atoms with van der Waals surface area (Å²) in [6.07, 6.45) is 3.02. The maximum Gasteiger partial charge on any atom is 0.248 e. The maximum absolute atomic E-state index is 11.3. The van der Waals surface area contributed by atoms with Gasteiger partial charge in [-0.25, -0.2) is 4.98 Å². The fraction of sp³-hybridized carbons (Fsp3) is 0.238. The third kappa shape index (κ3) is 3.01. The Morgan fingerprint density at radius 2 is 1.92 bits per heavy atom. The van der Waals surface area contributed by atoms with E-state index in [4.69, 9.17) is 10.7 Å². The molecule has 0 saturated heterocycles. The van der Waals surface area contributed by atoms with E-state index in [0.717, 1.165) is 22.3 Å². The first kappa shape index (κ1) is 15.8. The van der Waals surface area contributed by atoms with E-state index in [9.17, 15) is 9.90 Å². The van der Waals surface area contributed by atoms with Crippen LogP contribution in [0.25, 0.3) is 22.2 Å². The van der Waals surface area contributed by atoms with E-state index < -0.39 is 5.91 Å². The number of fused-ring (bicyclic) bond motifs is 1. The van der Waals surface area contributed by atoms with Crippen molar-refractivity contribution in [1.29, 1.82) is 0 Å². The van der Waals surface area contributed by atoms with Gasteiger partial charge in [0, 0.05) is 23.1 Å². The van der Waals surface area contributed by atoms with Crippen molar-refractivity contribution >= 4 is 16.8 Å². The molecule has 1 saturated carbocycles. The molecule has 0 aliphatic heterocycles. The lowest BCUT2D eigenvalue weighted by atomic mass is 9.97. The highest BCUT2D eigenvalue weighted by molar-refractivity contribution is 5.93. The van der Waals surface area contributed by atoms with Gasteiger partial charge in [0.25, 0.3) is 0 Å². The molecular formula is C21H20N2O2. The summed E-state index contributed by atoms with van der Waals surface area (Å²) < 4.78 is 0. The molecule has 4 heteroatoms. The Labute approximate surface area is 146 Å². The molecule has 0 atom stereocenters. The lowest BCUT2D eigenvalue weighted by Crippen LogP contribution is -2.10. The maximum atomic E-state index is 11.3. The van der Waals surface area contributed by atoms with E-state index in [-0.39, 0.29) is 6.61 Å². The molecule has 1 amide bonds. The SMILES string of the molecule is NC(=O)c1ccc(-c2cc(C3CC3)c3cccc(CCO)c3n2)cc1. The number of amides is 1. The van der Waals surface area contributed by atoms with Gasteiger partial charge in [-0.2, -0.15) is 0 Å². The molecule has 1 heterocycles. The van der Waals surface area contributed by atoms with Crippen LogP contribution in [-0.2, 0) is 6.42 Å². The Kier molecular flexibility index (Phi) is 3.98. The smallest absolute Gasteiger partial charge is 0.248 e. The minimum absolute atomic E-state index is 0.108. The number of primary amides is 1. The summed E-state index contributed by atoms with van der Waals surface area (Å²) in [5, 5.41) is 10.6. The van der Waals surface area contributed by atoms with Crippen LogP contribution in [0.3, 0.4) is 0 Å². The summed E-state index contributed by atoms with van der Waals surface area (Å²) in [6.45, 7) is 0.108. The zero-order valence-corrected chi connectivity index (χ0v) is 13.9. The van der Waals surface area contributed by atoms with Gasteiger partial charge in [-0.3, -0.25) is 4.79 Å². The number of nitrogens with zero attached hydrogens (tertiary/aromatic N) is 1. The van der Waals surface area contributed by atoms with Crippen LogP contribution in [0.15, 0.2) is 48.5 Å². The summed E-state index contributed by atoms with van der Waals surface area (Å²) >= 11 is 0. The van der Waals surface area contributed by atoms with E-state index in [2.05, 4.69) is 12.1 Å². The molecule has 0 unspecified atom stereocenters. The van der Waals surface area contributed by atoms with E-state index in [1.807, 2.05) is 24.3 Å². The molecule has 4 rings (SSSR count). The molecule has 25 heavy (non-hydrogen) atoms. The van der Waals surface area contributed by atoms with Crippen molar-refractivity contribution < 1.29 is 9.90 Å². The van der Waals surface area contributed by atoms with Crippen molar-refractivity contribution in [2.24, 2.45) is 5.73 Å². The molecule has 4 nitrogen and oxygen atoms in total. The second-order valence-electron chi connectivity index (χ2n) is 6.60.